The number of pyridine rings is 1. The number of benzene rings is 1. The third kappa shape index (κ3) is 7.28. The quantitative estimate of drug-likeness (QED) is 0.473. The fourth-order valence-corrected chi connectivity index (χ4v) is 3.51. The lowest BCUT2D eigenvalue weighted by Gasteiger charge is -2.24. The number of anilines is 1. The highest BCUT2D eigenvalue weighted by atomic mass is 35.5. The number of aromatic nitrogens is 1. The minimum absolute atomic E-state index is 0.0304. The lowest BCUT2D eigenvalue weighted by molar-refractivity contribution is -0.118. The topological polar surface area (TPSA) is 111 Å². The monoisotopic (exact) mass is 464 g/mol. The number of hydrogen-bond acceptors (Lipinski definition) is 5. The van der Waals surface area contributed by atoms with Crippen molar-refractivity contribution in [3.05, 3.63) is 58.0 Å². The summed E-state index contributed by atoms with van der Waals surface area (Å²) in [5, 5.41) is 3.31. The fraction of sp³-hybridized carbons (Fsp3) is 0.458. The highest BCUT2D eigenvalue weighted by Crippen LogP contribution is 2.43. The molecule has 5 N–H and O–H groups in total. The van der Waals surface area contributed by atoms with Crippen LogP contribution in [0.3, 0.4) is 0 Å². The SMILES string of the molecule is CC.CC.CC(CC(N)=O)NC(c1ccc(Cl)c(C(=O)c2ccc(N)nc2)c1F)C1CC1. The molecular weight excluding hydrogens is 431 g/mol. The van der Waals surface area contributed by atoms with Crippen LogP contribution in [0.4, 0.5) is 10.2 Å². The van der Waals surface area contributed by atoms with Gasteiger partial charge in [-0.25, -0.2) is 9.37 Å². The minimum Gasteiger partial charge on any atom is -0.384 e. The van der Waals surface area contributed by atoms with Gasteiger partial charge in [-0.2, -0.15) is 0 Å². The van der Waals surface area contributed by atoms with Gasteiger partial charge in [-0.1, -0.05) is 45.4 Å². The summed E-state index contributed by atoms with van der Waals surface area (Å²) in [4.78, 5) is 27.9. The molecule has 1 amide bonds. The van der Waals surface area contributed by atoms with E-state index in [1.54, 1.807) is 6.07 Å². The van der Waals surface area contributed by atoms with E-state index < -0.39 is 17.5 Å². The minimum atomic E-state index is -0.662. The molecule has 1 aliphatic carbocycles. The first-order chi connectivity index (χ1) is 15.3. The summed E-state index contributed by atoms with van der Waals surface area (Å²) in [5.41, 5.74) is 11.2. The van der Waals surface area contributed by atoms with Crippen molar-refractivity contribution in [2.45, 2.75) is 66.0 Å². The van der Waals surface area contributed by atoms with E-state index in [4.69, 9.17) is 23.1 Å². The van der Waals surface area contributed by atoms with Gasteiger partial charge in [0.2, 0.25) is 5.91 Å². The van der Waals surface area contributed by atoms with Gasteiger partial charge in [-0.15, -0.1) is 0 Å². The van der Waals surface area contributed by atoms with Gasteiger partial charge in [0.05, 0.1) is 10.6 Å². The van der Waals surface area contributed by atoms with E-state index in [0.29, 0.717) is 5.56 Å². The Kier molecular flexibility index (Phi) is 11.3. The van der Waals surface area contributed by atoms with E-state index in [0.717, 1.165) is 12.8 Å². The Morgan fingerprint density at radius 3 is 2.31 bits per heavy atom. The van der Waals surface area contributed by atoms with Crippen LogP contribution < -0.4 is 16.8 Å². The molecule has 2 unspecified atom stereocenters. The molecule has 176 valence electrons. The molecule has 6 nitrogen and oxygen atoms in total. The van der Waals surface area contributed by atoms with Gasteiger partial charge in [-0.3, -0.25) is 9.59 Å². The summed E-state index contributed by atoms with van der Waals surface area (Å²) in [6.45, 7) is 9.82. The van der Waals surface area contributed by atoms with Crippen LogP contribution in [0.2, 0.25) is 5.02 Å². The zero-order valence-electron chi connectivity index (χ0n) is 19.4. The second-order valence-electron chi connectivity index (χ2n) is 7.18. The van der Waals surface area contributed by atoms with Crippen molar-refractivity contribution in [3.63, 3.8) is 0 Å². The van der Waals surface area contributed by atoms with Crippen molar-refractivity contribution >= 4 is 29.1 Å². The maximum atomic E-state index is 15.4. The number of amides is 1. The second kappa shape index (κ2) is 13.1. The van der Waals surface area contributed by atoms with Crippen LogP contribution in [0.15, 0.2) is 30.5 Å². The van der Waals surface area contributed by atoms with Gasteiger partial charge in [0.25, 0.3) is 0 Å². The predicted molar refractivity (Wildman–Crippen MR) is 128 cm³/mol. The third-order valence-electron chi connectivity index (χ3n) is 4.80. The zero-order valence-corrected chi connectivity index (χ0v) is 20.2. The van der Waals surface area contributed by atoms with Crippen LogP contribution in [0.1, 0.15) is 81.4 Å². The molecule has 1 heterocycles. The van der Waals surface area contributed by atoms with E-state index >= 15 is 4.39 Å². The van der Waals surface area contributed by atoms with Gasteiger partial charge in [0.15, 0.2) is 5.78 Å². The molecule has 1 aromatic heterocycles. The number of nitrogens with zero attached hydrogens (tertiary/aromatic N) is 1. The number of carbonyl (C=O) groups excluding carboxylic acids is 2. The Labute approximate surface area is 194 Å². The molecule has 2 atom stereocenters. The van der Waals surface area contributed by atoms with Crippen LogP contribution in [-0.2, 0) is 4.79 Å². The molecule has 3 rings (SSSR count). The van der Waals surface area contributed by atoms with Crippen LogP contribution in [0.5, 0.6) is 0 Å². The van der Waals surface area contributed by atoms with E-state index in [2.05, 4.69) is 10.3 Å². The summed E-state index contributed by atoms with van der Waals surface area (Å²) in [6.07, 6.45) is 3.31. The molecule has 1 aliphatic rings. The highest BCUT2D eigenvalue weighted by molar-refractivity contribution is 6.35. The smallest absolute Gasteiger partial charge is 0.218 e. The zero-order chi connectivity index (χ0) is 24.4. The van der Waals surface area contributed by atoms with E-state index in [-0.39, 0.29) is 46.4 Å². The first-order valence-electron chi connectivity index (χ1n) is 11.1. The first-order valence-corrected chi connectivity index (χ1v) is 11.4. The fourth-order valence-electron chi connectivity index (χ4n) is 3.28. The number of nitrogens with one attached hydrogen (secondary N) is 1. The molecule has 0 aliphatic heterocycles. The van der Waals surface area contributed by atoms with Gasteiger partial charge in [0.1, 0.15) is 11.6 Å². The number of hydrogen-bond donors (Lipinski definition) is 3. The molecule has 0 bridgehead atoms. The molecule has 1 aromatic carbocycles. The molecule has 8 heteroatoms. The number of nitrogens with two attached hydrogens (primary N) is 2. The number of ketones is 1. The van der Waals surface area contributed by atoms with E-state index in [1.165, 1.54) is 24.4 Å². The number of nitrogen functional groups attached to an aromatic ring is 1. The third-order valence-corrected chi connectivity index (χ3v) is 5.11. The van der Waals surface area contributed by atoms with Gasteiger partial charge in [0, 0.05) is 35.8 Å². The molecule has 0 radical (unpaired) electrons. The molecule has 1 saturated carbocycles. The number of carbonyl (C=O) groups is 2. The van der Waals surface area contributed by atoms with E-state index in [1.807, 2.05) is 34.6 Å². The van der Waals surface area contributed by atoms with Gasteiger partial charge in [-0.05, 0) is 43.9 Å². The van der Waals surface area contributed by atoms with Crippen molar-refractivity contribution in [1.82, 2.24) is 10.3 Å². The van der Waals surface area contributed by atoms with Crippen molar-refractivity contribution in [2.75, 3.05) is 5.73 Å². The van der Waals surface area contributed by atoms with Crippen molar-refractivity contribution in [3.8, 4) is 0 Å². The van der Waals surface area contributed by atoms with Crippen LogP contribution >= 0.6 is 11.6 Å². The average molecular weight is 465 g/mol. The Bertz CT molecular complexity index is 902. The molecular formula is C24H34ClFN4O2. The van der Waals surface area contributed by atoms with Crippen molar-refractivity contribution < 1.29 is 14.0 Å². The molecule has 0 spiro atoms. The van der Waals surface area contributed by atoms with Gasteiger partial charge >= 0.3 is 0 Å². The number of halogens is 2. The molecule has 0 saturated heterocycles. The summed E-state index contributed by atoms with van der Waals surface area (Å²) in [5.74, 6) is -1.16. The maximum absolute atomic E-state index is 15.4. The Morgan fingerprint density at radius 1 is 1.19 bits per heavy atom. The van der Waals surface area contributed by atoms with Crippen LogP contribution in [-0.4, -0.2) is 22.7 Å². The summed E-state index contributed by atoms with van der Waals surface area (Å²) < 4.78 is 15.4. The largest absolute Gasteiger partial charge is 0.384 e. The highest BCUT2D eigenvalue weighted by Gasteiger charge is 2.36. The van der Waals surface area contributed by atoms with Crippen molar-refractivity contribution in [1.29, 1.82) is 0 Å². The number of primary amides is 1. The normalized spacial score (nSPS) is 14.2. The van der Waals surface area contributed by atoms with Crippen molar-refractivity contribution in [2.24, 2.45) is 11.7 Å². The van der Waals surface area contributed by atoms with Gasteiger partial charge < -0.3 is 16.8 Å². The van der Waals surface area contributed by atoms with Crippen LogP contribution in [0.25, 0.3) is 0 Å². The van der Waals surface area contributed by atoms with Crippen LogP contribution in [0, 0.1) is 11.7 Å². The first kappa shape index (κ1) is 27.5. The summed E-state index contributed by atoms with van der Waals surface area (Å²) >= 11 is 6.16. The number of rotatable bonds is 8. The lowest BCUT2D eigenvalue weighted by atomic mass is 9.95. The second-order valence-corrected chi connectivity index (χ2v) is 7.59. The summed E-state index contributed by atoms with van der Waals surface area (Å²) in [7, 11) is 0. The Morgan fingerprint density at radius 2 is 1.81 bits per heavy atom. The van der Waals surface area contributed by atoms with E-state index in [9.17, 15) is 9.59 Å². The molecule has 2 aromatic rings. The lowest BCUT2D eigenvalue weighted by Crippen LogP contribution is -2.35. The standard InChI is InChI=1S/C20H22ClFN4O2.2C2H6/c1-10(8-16(24)27)26-19(11-2-3-11)13-5-6-14(21)17(18(13)22)20(28)12-4-7-15(23)25-9-12;2*1-2/h4-7,9-11,19,26H,2-3,8H2,1H3,(H2,23,25)(H2,24,27);2*1-2H3. The Balaban J connectivity index is 0.00000121. The predicted octanol–water partition coefficient (Wildman–Crippen LogP) is 5.04. The summed E-state index contributed by atoms with van der Waals surface area (Å²) in [6, 6.07) is 5.51. The molecule has 1 fully saturated rings. The molecule has 32 heavy (non-hydrogen) atoms. The maximum Gasteiger partial charge on any atom is 0.218 e. The Hall–Kier alpha value is -2.51. The average Bonchev–Trinajstić information content (AvgIpc) is 3.61.